The molecule has 1 N–H and O–H groups in total. The molecule has 0 aliphatic carbocycles. The maximum absolute atomic E-state index is 12.3. The first-order valence-electron chi connectivity index (χ1n) is 4.22. The van der Waals surface area contributed by atoms with E-state index in [0.717, 1.165) is 6.07 Å². The zero-order valence-corrected chi connectivity index (χ0v) is 10.4. The number of H-pyrrole nitrogens is 1. The van der Waals surface area contributed by atoms with Gasteiger partial charge in [0.2, 0.25) is 0 Å². The predicted molar refractivity (Wildman–Crippen MR) is 60.5 cm³/mol. The van der Waals surface area contributed by atoms with Crippen molar-refractivity contribution in [1.29, 1.82) is 0 Å². The lowest BCUT2D eigenvalue weighted by atomic mass is 10.2. The monoisotopic (exact) mass is 343 g/mol. The molecule has 0 unspecified atom stereocenters. The van der Waals surface area contributed by atoms with Gasteiger partial charge in [0, 0.05) is 11.6 Å². The standard InChI is InChI=1S/C9H8F2INO3/c1-16-7(15)2-4-6(14)3-5(8(10)11)13-9(4)12/h3,8H,2H2,1H3,(H,13,14). The molecule has 1 aromatic heterocycles. The Hall–Kier alpha value is -0.990. The minimum Gasteiger partial charge on any atom is -0.469 e. The number of aromatic nitrogens is 1. The Balaban J connectivity index is 3.13. The summed E-state index contributed by atoms with van der Waals surface area (Å²) in [6.45, 7) is 0. The second-order valence-electron chi connectivity index (χ2n) is 2.94. The average molecular weight is 343 g/mol. The molecular weight excluding hydrogens is 335 g/mol. The number of pyridine rings is 1. The van der Waals surface area contributed by atoms with Gasteiger partial charge in [-0.15, -0.1) is 0 Å². The molecule has 0 amide bonds. The van der Waals surface area contributed by atoms with Crippen LogP contribution in [0.5, 0.6) is 0 Å². The van der Waals surface area contributed by atoms with Crippen LogP contribution in [-0.2, 0) is 16.0 Å². The highest BCUT2D eigenvalue weighted by molar-refractivity contribution is 14.1. The summed E-state index contributed by atoms with van der Waals surface area (Å²) in [6.07, 6.45) is -2.97. The molecule has 1 heterocycles. The van der Waals surface area contributed by atoms with Gasteiger partial charge in [0.1, 0.15) is 0 Å². The van der Waals surface area contributed by atoms with Gasteiger partial charge in [-0.3, -0.25) is 9.59 Å². The molecule has 0 aromatic carbocycles. The van der Waals surface area contributed by atoms with Gasteiger partial charge in [-0.2, -0.15) is 0 Å². The fraction of sp³-hybridized carbons (Fsp3) is 0.333. The average Bonchev–Trinajstić information content (AvgIpc) is 2.22. The Morgan fingerprint density at radius 1 is 1.62 bits per heavy atom. The zero-order valence-electron chi connectivity index (χ0n) is 8.22. The van der Waals surface area contributed by atoms with E-state index in [4.69, 9.17) is 0 Å². The maximum Gasteiger partial charge on any atom is 0.310 e. The maximum atomic E-state index is 12.3. The van der Waals surface area contributed by atoms with Gasteiger partial charge in [-0.1, -0.05) is 0 Å². The van der Waals surface area contributed by atoms with Crippen molar-refractivity contribution in [2.75, 3.05) is 7.11 Å². The van der Waals surface area contributed by atoms with Crippen molar-refractivity contribution in [2.24, 2.45) is 0 Å². The van der Waals surface area contributed by atoms with E-state index in [-0.39, 0.29) is 15.7 Å². The fourth-order valence-electron chi connectivity index (χ4n) is 1.07. The van der Waals surface area contributed by atoms with Gasteiger partial charge in [-0.25, -0.2) is 8.78 Å². The molecule has 1 rings (SSSR count). The van der Waals surface area contributed by atoms with E-state index in [1.54, 1.807) is 22.6 Å². The molecule has 0 fully saturated rings. The number of carbonyl (C=O) groups is 1. The second kappa shape index (κ2) is 5.37. The van der Waals surface area contributed by atoms with Crippen molar-refractivity contribution in [2.45, 2.75) is 12.8 Å². The number of halogens is 3. The van der Waals surface area contributed by atoms with Gasteiger partial charge in [-0.05, 0) is 22.6 Å². The summed E-state index contributed by atoms with van der Waals surface area (Å²) in [5, 5.41) is 0. The number of alkyl halides is 2. The summed E-state index contributed by atoms with van der Waals surface area (Å²) >= 11 is 1.70. The molecule has 0 aliphatic rings. The van der Waals surface area contributed by atoms with Crippen molar-refractivity contribution >= 4 is 28.6 Å². The summed E-state index contributed by atoms with van der Waals surface area (Å²) in [4.78, 5) is 24.8. The van der Waals surface area contributed by atoms with Crippen molar-refractivity contribution < 1.29 is 18.3 Å². The number of carbonyl (C=O) groups excluding carboxylic acids is 1. The van der Waals surface area contributed by atoms with Gasteiger partial charge in [0.25, 0.3) is 6.43 Å². The molecule has 0 aliphatic heterocycles. The number of aromatic amines is 1. The van der Waals surface area contributed by atoms with Crippen molar-refractivity contribution in [3.05, 3.63) is 31.2 Å². The molecule has 0 saturated carbocycles. The van der Waals surface area contributed by atoms with Crippen LogP contribution in [0.4, 0.5) is 8.78 Å². The lowest BCUT2D eigenvalue weighted by Gasteiger charge is -2.05. The Labute approximate surface area is 103 Å². The molecule has 0 atom stereocenters. The van der Waals surface area contributed by atoms with Crippen molar-refractivity contribution in [1.82, 2.24) is 4.98 Å². The highest BCUT2D eigenvalue weighted by Crippen LogP contribution is 2.17. The topological polar surface area (TPSA) is 59.2 Å². The lowest BCUT2D eigenvalue weighted by Crippen LogP contribution is -2.18. The second-order valence-corrected chi connectivity index (χ2v) is 4.01. The normalized spacial score (nSPS) is 10.6. The molecule has 0 saturated heterocycles. The van der Waals surface area contributed by atoms with Gasteiger partial charge in [0.15, 0.2) is 5.43 Å². The molecule has 4 nitrogen and oxygen atoms in total. The van der Waals surface area contributed by atoms with Crippen LogP contribution in [0.3, 0.4) is 0 Å². The van der Waals surface area contributed by atoms with Gasteiger partial charge in [0.05, 0.1) is 22.9 Å². The SMILES string of the molecule is COC(=O)Cc1c(I)[nH]c(C(F)F)cc1=O. The number of esters is 1. The third-order valence-corrected chi connectivity index (χ3v) is 2.81. The lowest BCUT2D eigenvalue weighted by molar-refractivity contribution is -0.139. The number of rotatable bonds is 3. The van der Waals surface area contributed by atoms with E-state index in [1.165, 1.54) is 7.11 Å². The smallest absolute Gasteiger partial charge is 0.310 e. The molecule has 0 spiro atoms. The third kappa shape index (κ3) is 3.00. The van der Waals surface area contributed by atoms with Crippen LogP contribution in [0.25, 0.3) is 0 Å². The van der Waals surface area contributed by atoms with E-state index < -0.39 is 23.5 Å². The Kier molecular flexibility index (Phi) is 4.39. The van der Waals surface area contributed by atoms with Crippen LogP contribution in [0.1, 0.15) is 17.7 Å². The van der Waals surface area contributed by atoms with Crippen LogP contribution >= 0.6 is 22.6 Å². The Morgan fingerprint density at radius 2 is 2.25 bits per heavy atom. The summed E-state index contributed by atoms with van der Waals surface area (Å²) in [5.41, 5.74) is -0.913. The Bertz CT molecular complexity index is 459. The first kappa shape index (κ1) is 13.1. The van der Waals surface area contributed by atoms with Crippen LogP contribution in [-0.4, -0.2) is 18.1 Å². The fourth-order valence-corrected chi connectivity index (χ4v) is 1.84. The first-order valence-corrected chi connectivity index (χ1v) is 5.30. The van der Waals surface area contributed by atoms with Crippen LogP contribution < -0.4 is 5.43 Å². The summed E-state index contributed by atoms with van der Waals surface area (Å²) in [5.74, 6) is -0.590. The minimum absolute atomic E-state index is 0.136. The van der Waals surface area contributed by atoms with Crippen molar-refractivity contribution in [3.8, 4) is 0 Å². The van der Waals surface area contributed by atoms with E-state index in [9.17, 15) is 18.4 Å². The summed E-state index contributed by atoms with van der Waals surface area (Å²) in [7, 11) is 1.19. The number of hydrogen-bond acceptors (Lipinski definition) is 3. The number of methoxy groups -OCH3 is 1. The third-order valence-electron chi connectivity index (χ3n) is 1.89. The van der Waals surface area contributed by atoms with Crippen LogP contribution in [0.2, 0.25) is 0 Å². The minimum atomic E-state index is -2.74. The Morgan fingerprint density at radius 3 is 2.69 bits per heavy atom. The van der Waals surface area contributed by atoms with Crippen molar-refractivity contribution in [3.63, 3.8) is 0 Å². The quantitative estimate of drug-likeness (QED) is 0.516. The molecule has 1 aromatic rings. The van der Waals surface area contributed by atoms with Gasteiger partial charge < -0.3 is 9.72 Å². The van der Waals surface area contributed by atoms with Crippen LogP contribution in [0, 0.1) is 3.70 Å². The van der Waals surface area contributed by atoms with E-state index in [1.807, 2.05) is 0 Å². The van der Waals surface area contributed by atoms with E-state index >= 15 is 0 Å². The summed E-state index contributed by atoms with van der Waals surface area (Å²) < 4.78 is 29.3. The molecule has 0 bridgehead atoms. The van der Waals surface area contributed by atoms with E-state index in [0.29, 0.717) is 0 Å². The highest BCUT2D eigenvalue weighted by atomic mass is 127. The predicted octanol–water partition coefficient (Wildman–Crippen LogP) is 1.63. The molecule has 16 heavy (non-hydrogen) atoms. The van der Waals surface area contributed by atoms with Gasteiger partial charge >= 0.3 is 5.97 Å². The van der Waals surface area contributed by atoms with E-state index in [2.05, 4.69) is 9.72 Å². The number of nitrogens with one attached hydrogen (secondary N) is 1. The summed E-state index contributed by atoms with van der Waals surface area (Å²) in [6, 6.07) is 0.797. The number of ether oxygens (including phenoxy) is 1. The first-order chi connectivity index (χ1) is 7.45. The number of hydrogen-bond donors (Lipinski definition) is 1. The molecule has 7 heteroatoms. The molecule has 88 valence electrons. The van der Waals surface area contributed by atoms with Crippen LogP contribution in [0.15, 0.2) is 10.9 Å². The molecule has 0 radical (unpaired) electrons. The molecular formula is C9H8F2INO3. The zero-order chi connectivity index (χ0) is 12.3. The largest absolute Gasteiger partial charge is 0.469 e. The highest BCUT2D eigenvalue weighted by Gasteiger charge is 2.16.